The summed E-state index contributed by atoms with van der Waals surface area (Å²) in [7, 11) is 0. The third-order valence-corrected chi connectivity index (χ3v) is 7.32. The van der Waals surface area contributed by atoms with Crippen molar-refractivity contribution in [3.05, 3.63) is 87.5 Å². The Bertz CT molecular complexity index is 1360. The lowest BCUT2D eigenvalue weighted by Gasteiger charge is -2.32. The second kappa shape index (κ2) is 11.8. The van der Waals surface area contributed by atoms with E-state index in [4.69, 9.17) is 4.74 Å². The van der Waals surface area contributed by atoms with Crippen LogP contribution in [0, 0.1) is 6.92 Å². The highest BCUT2D eigenvalue weighted by Gasteiger charge is 2.30. The number of nitrogens with one attached hydrogen (secondary N) is 1. The molecule has 2 aromatic carbocycles. The highest BCUT2D eigenvalue weighted by Crippen LogP contribution is 2.28. The first-order chi connectivity index (χ1) is 18.1. The second-order valence-corrected chi connectivity index (χ2v) is 10.0. The molecule has 1 aliphatic heterocycles. The van der Waals surface area contributed by atoms with Crippen LogP contribution in [0.1, 0.15) is 61.2 Å². The molecule has 2 aromatic heterocycles. The van der Waals surface area contributed by atoms with Gasteiger partial charge in [-0.2, -0.15) is 0 Å². The zero-order valence-electron chi connectivity index (χ0n) is 21.8. The maximum Gasteiger partial charge on any atom is 0.252 e. The Morgan fingerprint density at radius 1 is 1.19 bits per heavy atom. The number of pyridine rings is 1. The van der Waals surface area contributed by atoms with Crippen molar-refractivity contribution in [1.29, 1.82) is 0 Å². The number of rotatable bonds is 11. The van der Waals surface area contributed by atoms with Crippen molar-refractivity contribution >= 4 is 10.9 Å². The summed E-state index contributed by atoms with van der Waals surface area (Å²) >= 11 is 0. The van der Waals surface area contributed by atoms with Crippen molar-refractivity contribution in [3.8, 4) is 0 Å². The number of ether oxygens (including phenoxy) is 1. The van der Waals surface area contributed by atoms with E-state index in [1.807, 2.05) is 35.9 Å². The van der Waals surface area contributed by atoms with Gasteiger partial charge < -0.3 is 9.72 Å². The standard InChI is InChI=1S/C29H36N6O2/c1-3-9-26(28-31-32-33-35(28)16-15-22-11-5-4-6-12-22)34(20-25-14-8-17-37-25)19-24-18-23-13-7-10-21(2)27(23)30-29(24)36/h4-7,10-13,18,25-26H,3,8-9,14-17,19-20H2,1-2H3,(H,30,36). The molecule has 0 bridgehead atoms. The summed E-state index contributed by atoms with van der Waals surface area (Å²) in [5.74, 6) is 0.851. The fourth-order valence-corrected chi connectivity index (χ4v) is 5.35. The molecule has 3 heterocycles. The maximum absolute atomic E-state index is 13.2. The first-order valence-corrected chi connectivity index (χ1v) is 13.4. The minimum Gasteiger partial charge on any atom is -0.377 e. The molecule has 2 unspecified atom stereocenters. The van der Waals surface area contributed by atoms with Crippen LogP contribution in [0.5, 0.6) is 0 Å². The van der Waals surface area contributed by atoms with Gasteiger partial charge in [-0.15, -0.1) is 5.10 Å². The van der Waals surface area contributed by atoms with Crippen LogP contribution in [0.2, 0.25) is 0 Å². The average Bonchev–Trinajstić information content (AvgIpc) is 3.60. The third-order valence-electron chi connectivity index (χ3n) is 7.32. The molecular weight excluding hydrogens is 464 g/mol. The topological polar surface area (TPSA) is 88.9 Å². The number of fused-ring (bicyclic) bond motifs is 1. The monoisotopic (exact) mass is 500 g/mol. The molecule has 2 atom stereocenters. The summed E-state index contributed by atoms with van der Waals surface area (Å²) in [6, 6.07) is 18.5. The molecule has 8 nitrogen and oxygen atoms in total. The van der Waals surface area contributed by atoms with Crippen LogP contribution in [-0.2, 0) is 24.2 Å². The lowest BCUT2D eigenvalue weighted by atomic mass is 10.0. The molecule has 1 aliphatic rings. The van der Waals surface area contributed by atoms with E-state index in [1.165, 1.54) is 5.56 Å². The van der Waals surface area contributed by atoms with Gasteiger partial charge in [0.2, 0.25) is 0 Å². The Morgan fingerprint density at radius 2 is 2.05 bits per heavy atom. The first-order valence-electron chi connectivity index (χ1n) is 13.4. The fourth-order valence-electron chi connectivity index (χ4n) is 5.35. The number of aryl methyl sites for hydroxylation is 3. The van der Waals surface area contributed by atoms with E-state index in [0.717, 1.165) is 73.1 Å². The normalized spacial score (nSPS) is 16.6. The molecule has 37 heavy (non-hydrogen) atoms. The predicted molar refractivity (Wildman–Crippen MR) is 144 cm³/mol. The Hall–Kier alpha value is -3.36. The predicted octanol–water partition coefficient (Wildman–Crippen LogP) is 4.59. The van der Waals surface area contributed by atoms with E-state index in [1.54, 1.807) is 0 Å². The number of tetrazole rings is 1. The molecular formula is C29H36N6O2. The smallest absolute Gasteiger partial charge is 0.252 e. The maximum atomic E-state index is 13.2. The van der Waals surface area contributed by atoms with Crippen LogP contribution in [0.15, 0.2) is 59.4 Å². The number of para-hydroxylation sites is 1. The van der Waals surface area contributed by atoms with Gasteiger partial charge in [0, 0.05) is 31.8 Å². The molecule has 1 N–H and O–H groups in total. The van der Waals surface area contributed by atoms with Crippen molar-refractivity contribution < 1.29 is 4.74 Å². The number of benzene rings is 2. The van der Waals surface area contributed by atoms with Gasteiger partial charge in [-0.25, -0.2) is 4.68 Å². The summed E-state index contributed by atoms with van der Waals surface area (Å²) in [4.78, 5) is 18.7. The van der Waals surface area contributed by atoms with Crippen molar-refractivity contribution in [2.45, 2.75) is 71.2 Å². The van der Waals surface area contributed by atoms with Crippen molar-refractivity contribution in [2.24, 2.45) is 0 Å². The van der Waals surface area contributed by atoms with Gasteiger partial charge in [-0.05, 0) is 65.6 Å². The molecule has 0 saturated carbocycles. The molecule has 4 aromatic rings. The minimum absolute atomic E-state index is 0.0208. The lowest BCUT2D eigenvalue weighted by molar-refractivity contribution is 0.0475. The minimum atomic E-state index is -0.0435. The zero-order chi connectivity index (χ0) is 25.6. The summed E-state index contributed by atoms with van der Waals surface area (Å²) < 4.78 is 7.97. The summed E-state index contributed by atoms with van der Waals surface area (Å²) in [6.07, 6.45) is 4.97. The Labute approximate surface area is 217 Å². The molecule has 8 heteroatoms. The van der Waals surface area contributed by atoms with E-state index in [-0.39, 0.29) is 17.7 Å². The van der Waals surface area contributed by atoms with Crippen molar-refractivity contribution in [2.75, 3.05) is 13.2 Å². The molecule has 0 aliphatic carbocycles. The molecule has 0 amide bonds. The van der Waals surface area contributed by atoms with Gasteiger partial charge in [0.1, 0.15) is 0 Å². The number of hydrogen-bond acceptors (Lipinski definition) is 6. The molecule has 1 saturated heterocycles. The van der Waals surface area contributed by atoms with Crippen molar-refractivity contribution in [1.82, 2.24) is 30.1 Å². The van der Waals surface area contributed by atoms with E-state index >= 15 is 0 Å². The Balaban J connectivity index is 1.46. The van der Waals surface area contributed by atoms with Crippen LogP contribution in [0.4, 0.5) is 0 Å². The van der Waals surface area contributed by atoms with Crippen LogP contribution >= 0.6 is 0 Å². The molecule has 0 radical (unpaired) electrons. The van der Waals surface area contributed by atoms with Gasteiger partial charge in [0.25, 0.3) is 5.56 Å². The van der Waals surface area contributed by atoms with Gasteiger partial charge in [-0.3, -0.25) is 9.69 Å². The Kier molecular flexibility index (Phi) is 8.06. The summed E-state index contributed by atoms with van der Waals surface area (Å²) in [5, 5.41) is 14.0. The number of H-pyrrole nitrogens is 1. The van der Waals surface area contributed by atoms with Gasteiger partial charge >= 0.3 is 0 Å². The van der Waals surface area contributed by atoms with Gasteiger partial charge in [-0.1, -0.05) is 61.9 Å². The molecule has 1 fully saturated rings. The highest BCUT2D eigenvalue weighted by atomic mass is 16.5. The second-order valence-electron chi connectivity index (χ2n) is 10.0. The zero-order valence-corrected chi connectivity index (χ0v) is 21.8. The van der Waals surface area contributed by atoms with E-state index in [9.17, 15) is 4.79 Å². The molecule has 5 rings (SSSR count). The van der Waals surface area contributed by atoms with Gasteiger partial charge in [0.05, 0.1) is 17.7 Å². The molecule has 0 spiro atoms. The summed E-state index contributed by atoms with van der Waals surface area (Å²) in [5.41, 5.74) is 3.93. The van der Waals surface area contributed by atoms with Crippen LogP contribution in [0.25, 0.3) is 10.9 Å². The Morgan fingerprint density at radius 3 is 2.84 bits per heavy atom. The highest BCUT2D eigenvalue weighted by molar-refractivity contribution is 5.81. The number of aromatic amines is 1. The van der Waals surface area contributed by atoms with Crippen LogP contribution < -0.4 is 5.56 Å². The number of nitrogens with zero attached hydrogens (tertiary/aromatic N) is 5. The quantitative estimate of drug-likeness (QED) is 0.324. The first kappa shape index (κ1) is 25.3. The SMILES string of the molecule is CCCC(c1nnnn1CCc1ccccc1)N(Cc1cc2cccc(C)c2[nH]c1=O)CC1CCCO1. The third kappa shape index (κ3) is 5.97. The lowest BCUT2D eigenvalue weighted by Crippen LogP contribution is -2.38. The largest absolute Gasteiger partial charge is 0.377 e. The van der Waals surface area contributed by atoms with E-state index in [2.05, 4.69) is 62.7 Å². The van der Waals surface area contributed by atoms with Crippen LogP contribution in [0.3, 0.4) is 0 Å². The van der Waals surface area contributed by atoms with Gasteiger partial charge in [0.15, 0.2) is 5.82 Å². The fraction of sp³-hybridized carbons (Fsp3) is 0.448. The van der Waals surface area contributed by atoms with Crippen LogP contribution in [-0.4, -0.2) is 49.3 Å². The number of hydrogen-bond donors (Lipinski definition) is 1. The van der Waals surface area contributed by atoms with Crippen molar-refractivity contribution in [3.63, 3.8) is 0 Å². The average molecular weight is 501 g/mol. The molecule has 194 valence electrons. The summed E-state index contributed by atoms with van der Waals surface area (Å²) in [6.45, 7) is 6.95. The van der Waals surface area contributed by atoms with E-state index in [0.29, 0.717) is 13.1 Å². The number of aromatic nitrogens is 5. The van der Waals surface area contributed by atoms with E-state index < -0.39 is 0 Å².